The van der Waals surface area contributed by atoms with Crippen LogP contribution in [0.3, 0.4) is 0 Å². The van der Waals surface area contributed by atoms with Crippen molar-refractivity contribution in [3.8, 4) is 11.4 Å². The first-order valence-corrected chi connectivity index (χ1v) is 5.74. The molecule has 0 spiro atoms. The lowest BCUT2D eigenvalue weighted by Crippen LogP contribution is -2.02. The minimum Gasteiger partial charge on any atom is -0.465 e. The van der Waals surface area contributed by atoms with E-state index in [0.717, 1.165) is 11.5 Å². The Bertz CT molecular complexity index is 570. The SMILES string of the molecule is COC(=O)c1snc(-c2ncccc2Cl)c1N. The number of nitrogens with zero attached hydrogens (tertiary/aromatic N) is 2. The van der Waals surface area contributed by atoms with Crippen molar-refractivity contribution in [1.82, 2.24) is 9.36 Å². The standard InChI is InChI=1S/C10H8ClN3O2S/c1-16-10(15)9-6(12)8(14-17-9)7-5(11)3-2-4-13-7/h2-4H,12H2,1H3. The topological polar surface area (TPSA) is 78.1 Å². The maximum Gasteiger partial charge on any atom is 0.351 e. The van der Waals surface area contributed by atoms with Crippen molar-refractivity contribution < 1.29 is 9.53 Å². The van der Waals surface area contributed by atoms with Crippen molar-refractivity contribution in [3.05, 3.63) is 28.2 Å². The van der Waals surface area contributed by atoms with E-state index in [0.29, 0.717) is 16.4 Å². The molecule has 5 nitrogen and oxygen atoms in total. The number of hydrogen-bond donors (Lipinski definition) is 1. The molecule has 88 valence electrons. The van der Waals surface area contributed by atoms with Gasteiger partial charge in [-0.2, -0.15) is 4.37 Å². The van der Waals surface area contributed by atoms with Crippen LogP contribution in [-0.2, 0) is 4.74 Å². The first-order chi connectivity index (χ1) is 8.15. The molecule has 0 amide bonds. The second-order valence-corrected chi connectivity index (χ2v) is 4.28. The summed E-state index contributed by atoms with van der Waals surface area (Å²) in [4.78, 5) is 15.7. The molecule has 0 aliphatic heterocycles. The average Bonchev–Trinajstić information content (AvgIpc) is 2.71. The third kappa shape index (κ3) is 2.09. The number of pyridine rings is 1. The number of nitrogens with two attached hydrogens (primary N) is 1. The molecule has 2 aromatic rings. The molecule has 0 saturated carbocycles. The summed E-state index contributed by atoms with van der Waals surface area (Å²) >= 11 is 6.95. The molecule has 2 heterocycles. The Hall–Kier alpha value is -1.66. The Morgan fingerprint density at radius 2 is 2.29 bits per heavy atom. The number of carbonyl (C=O) groups excluding carboxylic acids is 1. The molecule has 0 aliphatic rings. The summed E-state index contributed by atoms with van der Waals surface area (Å²) in [6.07, 6.45) is 1.58. The molecule has 0 bridgehead atoms. The molecular weight excluding hydrogens is 262 g/mol. The second kappa shape index (κ2) is 4.68. The van der Waals surface area contributed by atoms with Gasteiger partial charge in [0.25, 0.3) is 0 Å². The van der Waals surface area contributed by atoms with E-state index < -0.39 is 5.97 Å². The van der Waals surface area contributed by atoms with Gasteiger partial charge >= 0.3 is 5.97 Å². The van der Waals surface area contributed by atoms with Crippen molar-refractivity contribution in [2.75, 3.05) is 12.8 Å². The average molecular weight is 270 g/mol. The molecule has 0 saturated heterocycles. The Labute approximate surface area is 106 Å². The maximum atomic E-state index is 11.4. The maximum absolute atomic E-state index is 11.4. The number of nitrogen functional groups attached to an aromatic ring is 1. The van der Waals surface area contributed by atoms with Crippen LogP contribution in [0.25, 0.3) is 11.4 Å². The van der Waals surface area contributed by atoms with E-state index in [1.165, 1.54) is 7.11 Å². The summed E-state index contributed by atoms with van der Waals surface area (Å²) in [5, 5.41) is 0.431. The Kier molecular flexibility index (Phi) is 3.26. The minimum atomic E-state index is -0.515. The molecular formula is C10H8ClN3O2S. The van der Waals surface area contributed by atoms with Gasteiger partial charge in [-0.05, 0) is 23.7 Å². The molecule has 0 fully saturated rings. The van der Waals surface area contributed by atoms with Gasteiger partial charge in [0, 0.05) is 6.20 Å². The predicted molar refractivity (Wildman–Crippen MR) is 66.1 cm³/mol. The summed E-state index contributed by atoms with van der Waals surface area (Å²) in [5.41, 5.74) is 6.93. The molecule has 2 N–H and O–H groups in total. The lowest BCUT2D eigenvalue weighted by molar-refractivity contribution is 0.0607. The minimum absolute atomic E-state index is 0.238. The summed E-state index contributed by atoms with van der Waals surface area (Å²) in [6.45, 7) is 0. The highest BCUT2D eigenvalue weighted by Gasteiger charge is 2.20. The number of carbonyl (C=O) groups is 1. The number of anilines is 1. The van der Waals surface area contributed by atoms with Gasteiger partial charge in [-0.15, -0.1) is 0 Å². The van der Waals surface area contributed by atoms with Crippen LogP contribution in [0.15, 0.2) is 18.3 Å². The fraction of sp³-hybridized carbons (Fsp3) is 0.100. The van der Waals surface area contributed by atoms with E-state index in [1.54, 1.807) is 18.3 Å². The van der Waals surface area contributed by atoms with E-state index in [1.807, 2.05) is 0 Å². The third-order valence-electron chi connectivity index (χ3n) is 2.08. The predicted octanol–water partition coefficient (Wildman–Crippen LogP) is 2.23. The fourth-order valence-corrected chi connectivity index (χ4v) is 2.20. The summed E-state index contributed by atoms with van der Waals surface area (Å²) < 4.78 is 8.68. The van der Waals surface area contributed by atoms with Gasteiger partial charge in [0.1, 0.15) is 11.4 Å². The number of aromatic nitrogens is 2. The van der Waals surface area contributed by atoms with Crippen molar-refractivity contribution in [2.45, 2.75) is 0 Å². The Balaban J connectivity index is 2.52. The zero-order valence-corrected chi connectivity index (χ0v) is 10.4. The number of esters is 1. The summed E-state index contributed by atoms with van der Waals surface area (Å²) in [7, 11) is 1.29. The highest BCUT2D eigenvalue weighted by molar-refractivity contribution is 7.09. The van der Waals surface area contributed by atoms with Crippen molar-refractivity contribution >= 4 is 34.8 Å². The van der Waals surface area contributed by atoms with Gasteiger partial charge < -0.3 is 10.5 Å². The van der Waals surface area contributed by atoms with Crippen LogP contribution in [0, 0.1) is 0 Å². The zero-order chi connectivity index (χ0) is 12.4. The number of ether oxygens (including phenoxy) is 1. The molecule has 0 atom stereocenters. The van der Waals surface area contributed by atoms with Crippen LogP contribution in [-0.4, -0.2) is 22.4 Å². The van der Waals surface area contributed by atoms with Crippen LogP contribution in [0.1, 0.15) is 9.67 Å². The number of rotatable bonds is 2. The quantitative estimate of drug-likeness (QED) is 0.846. The van der Waals surface area contributed by atoms with Crippen LogP contribution in [0.4, 0.5) is 5.69 Å². The molecule has 17 heavy (non-hydrogen) atoms. The molecule has 7 heteroatoms. The molecule has 2 rings (SSSR count). The first kappa shape index (κ1) is 11.8. The van der Waals surface area contributed by atoms with Gasteiger partial charge in [-0.1, -0.05) is 11.6 Å². The van der Waals surface area contributed by atoms with Crippen LogP contribution < -0.4 is 5.73 Å². The van der Waals surface area contributed by atoms with Crippen molar-refractivity contribution in [2.24, 2.45) is 0 Å². The third-order valence-corrected chi connectivity index (χ3v) is 3.23. The van der Waals surface area contributed by atoms with E-state index in [-0.39, 0.29) is 10.6 Å². The molecule has 0 aliphatic carbocycles. The van der Waals surface area contributed by atoms with Gasteiger partial charge in [-0.3, -0.25) is 4.98 Å². The van der Waals surface area contributed by atoms with Crippen LogP contribution in [0.5, 0.6) is 0 Å². The first-order valence-electron chi connectivity index (χ1n) is 4.59. The van der Waals surface area contributed by atoms with E-state index in [4.69, 9.17) is 17.3 Å². The van der Waals surface area contributed by atoms with Crippen LogP contribution >= 0.6 is 23.1 Å². The smallest absolute Gasteiger partial charge is 0.351 e. The highest BCUT2D eigenvalue weighted by Crippen LogP contribution is 2.33. The highest BCUT2D eigenvalue weighted by atomic mass is 35.5. The number of hydrogen-bond acceptors (Lipinski definition) is 6. The fourth-order valence-electron chi connectivity index (χ4n) is 1.27. The molecule has 0 radical (unpaired) electrons. The lowest BCUT2D eigenvalue weighted by Gasteiger charge is -2.00. The lowest BCUT2D eigenvalue weighted by atomic mass is 10.2. The number of methoxy groups -OCH3 is 1. The number of halogens is 1. The second-order valence-electron chi connectivity index (χ2n) is 3.10. The summed E-state index contributed by atoms with van der Waals surface area (Å²) in [5.74, 6) is -0.515. The van der Waals surface area contributed by atoms with Crippen molar-refractivity contribution in [1.29, 1.82) is 0 Å². The molecule has 0 aromatic carbocycles. The normalized spacial score (nSPS) is 10.2. The zero-order valence-electron chi connectivity index (χ0n) is 8.81. The van der Waals surface area contributed by atoms with Gasteiger partial charge in [0.15, 0.2) is 4.88 Å². The van der Waals surface area contributed by atoms with E-state index >= 15 is 0 Å². The Morgan fingerprint density at radius 1 is 1.53 bits per heavy atom. The monoisotopic (exact) mass is 269 g/mol. The van der Waals surface area contributed by atoms with Crippen LogP contribution in [0.2, 0.25) is 5.02 Å². The van der Waals surface area contributed by atoms with Gasteiger partial charge in [-0.25, -0.2) is 4.79 Å². The summed E-state index contributed by atoms with van der Waals surface area (Å²) in [6, 6.07) is 3.39. The Morgan fingerprint density at radius 3 is 2.94 bits per heavy atom. The van der Waals surface area contributed by atoms with Gasteiger partial charge in [0.2, 0.25) is 0 Å². The van der Waals surface area contributed by atoms with Crippen molar-refractivity contribution in [3.63, 3.8) is 0 Å². The largest absolute Gasteiger partial charge is 0.465 e. The van der Waals surface area contributed by atoms with Gasteiger partial charge in [0.05, 0.1) is 17.8 Å². The molecule has 2 aromatic heterocycles. The van der Waals surface area contributed by atoms with E-state index in [2.05, 4.69) is 14.1 Å². The van der Waals surface area contributed by atoms with E-state index in [9.17, 15) is 4.79 Å². The molecule has 0 unspecified atom stereocenters.